The van der Waals surface area contributed by atoms with E-state index in [1.165, 1.54) is 0 Å². The van der Waals surface area contributed by atoms with E-state index in [-0.39, 0.29) is 5.75 Å². The van der Waals surface area contributed by atoms with Crippen molar-refractivity contribution in [1.29, 1.82) is 0 Å². The second-order valence-corrected chi connectivity index (χ2v) is 7.73. The van der Waals surface area contributed by atoms with Crippen LogP contribution in [-0.2, 0) is 15.8 Å². The molecular formula is C17H21NO4S. The van der Waals surface area contributed by atoms with Crippen molar-refractivity contribution in [3.05, 3.63) is 42.4 Å². The Morgan fingerprint density at radius 2 is 1.96 bits per heavy atom. The Balaban J connectivity index is 1.83. The van der Waals surface area contributed by atoms with Gasteiger partial charge in [-0.05, 0) is 30.5 Å². The second-order valence-electron chi connectivity index (χ2n) is 5.76. The summed E-state index contributed by atoms with van der Waals surface area (Å²) >= 11 is 0. The fourth-order valence-corrected chi connectivity index (χ4v) is 4.52. The predicted octanol–water partition coefficient (Wildman–Crippen LogP) is 3.27. The van der Waals surface area contributed by atoms with E-state index in [1.54, 1.807) is 30.0 Å². The molecule has 0 radical (unpaired) electrons. The number of ether oxygens (including phenoxy) is 1. The van der Waals surface area contributed by atoms with Crippen LogP contribution in [0.5, 0.6) is 5.75 Å². The molecule has 1 aliphatic rings. The lowest BCUT2D eigenvalue weighted by molar-refractivity contribution is 0.346. The molecule has 2 heterocycles. The largest absolute Gasteiger partial charge is 0.496 e. The molecule has 1 aliphatic heterocycles. The number of methoxy groups -OCH3 is 1. The first-order chi connectivity index (χ1) is 11.1. The van der Waals surface area contributed by atoms with Crippen molar-refractivity contribution in [3.63, 3.8) is 0 Å². The van der Waals surface area contributed by atoms with E-state index in [0.29, 0.717) is 18.8 Å². The molecule has 23 heavy (non-hydrogen) atoms. The van der Waals surface area contributed by atoms with Crippen LogP contribution in [-0.4, -0.2) is 32.9 Å². The van der Waals surface area contributed by atoms with Gasteiger partial charge in [-0.3, -0.25) is 0 Å². The van der Waals surface area contributed by atoms with Crippen molar-refractivity contribution >= 4 is 10.0 Å². The number of piperidine rings is 1. The SMILES string of the molecule is COc1cc(CS(=O)(=O)N2CCCCC2)ccc1-c1ccoc1. The summed E-state index contributed by atoms with van der Waals surface area (Å²) in [4.78, 5) is 0. The fourth-order valence-electron chi connectivity index (χ4n) is 2.93. The maximum Gasteiger partial charge on any atom is 0.218 e. The normalized spacial score (nSPS) is 16.4. The Bertz CT molecular complexity index is 747. The summed E-state index contributed by atoms with van der Waals surface area (Å²) in [5.41, 5.74) is 2.53. The summed E-state index contributed by atoms with van der Waals surface area (Å²) in [6.45, 7) is 1.26. The zero-order chi connectivity index (χ0) is 16.3. The molecule has 6 heteroatoms. The smallest absolute Gasteiger partial charge is 0.218 e. The minimum Gasteiger partial charge on any atom is -0.496 e. The highest BCUT2D eigenvalue weighted by molar-refractivity contribution is 7.88. The van der Waals surface area contributed by atoms with Gasteiger partial charge in [-0.1, -0.05) is 18.6 Å². The summed E-state index contributed by atoms with van der Waals surface area (Å²) in [7, 11) is -1.68. The molecule has 1 aromatic carbocycles. The summed E-state index contributed by atoms with van der Waals surface area (Å²) < 4.78 is 37.2. The Hall–Kier alpha value is -1.79. The number of benzene rings is 1. The van der Waals surface area contributed by atoms with Gasteiger partial charge in [0.25, 0.3) is 0 Å². The molecule has 1 saturated heterocycles. The van der Waals surface area contributed by atoms with Crippen molar-refractivity contribution < 1.29 is 17.6 Å². The average Bonchev–Trinajstić information content (AvgIpc) is 3.09. The number of furan rings is 1. The van der Waals surface area contributed by atoms with Gasteiger partial charge in [-0.25, -0.2) is 12.7 Å². The second kappa shape index (κ2) is 6.76. The van der Waals surface area contributed by atoms with Gasteiger partial charge in [0, 0.05) is 24.2 Å². The van der Waals surface area contributed by atoms with Crippen LogP contribution in [0.15, 0.2) is 41.2 Å². The summed E-state index contributed by atoms with van der Waals surface area (Å²) in [6.07, 6.45) is 6.24. The lowest BCUT2D eigenvalue weighted by Crippen LogP contribution is -2.36. The third-order valence-electron chi connectivity index (χ3n) is 4.16. The molecule has 0 unspecified atom stereocenters. The zero-order valence-corrected chi connectivity index (χ0v) is 14.0. The number of hydrogen-bond donors (Lipinski definition) is 0. The van der Waals surface area contributed by atoms with Gasteiger partial charge in [-0.15, -0.1) is 0 Å². The van der Waals surface area contributed by atoms with Crippen molar-refractivity contribution in [1.82, 2.24) is 4.31 Å². The lowest BCUT2D eigenvalue weighted by atomic mass is 10.1. The number of hydrogen-bond acceptors (Lipinski definition) is 4. The summed E-state index contributed by atoms with van der Waals surface area (Å²) in [6, 6.07) is 7.36. The maximum atomic E-state index is 12.5. The topological polar surface area (TPSA) is 59.8 Å². The van der Waals surface area contributed by atoms with E-state index < -0.39 is 10.0 Å². The molecule has 3 rings (SSSR count). The van der Waals surface area contributed by atoms with Gasteiger partial charge in [0.05, 0.1) is 25.4 Å². The highest BCUT2D eigenvalue weighted by Crippen LogP contribution is 2.32. The van der Waals surface area contributed by atoms with Crippen LogP contribution >= 0.6 is 0 Å². The molecule has 2 aromatic rings. The Morgan fingerprint density at radius 3 is 2.61 bits per heavy atom. The number of rotatable bonds is 5. The summed E-state index contributed by atoms with van der Waals surface area (Å²) in [5, 5.41) is 0. The number of sulfonamides is 1. The Labute approximate surface area is 136 Å². The van der Waals surface area contributed by atoms with Crippen LogP contribution in [0.1, 0.15) is 24.8 Å². The van der Waals surface area contributed by atoms with Gasteiger partial charge < -0.3 is 9.15 Å². The molecule has 0 spiro atoms. The Morgan fingerprint density at radius 1 is 1.17 bits per heavy atom. The Kier molecular flexibility index (Phi) is 4.73. The molecule has 0 amide bonds. The first kappa shape index (κ1) is 16.1. The zero-order valence-electron chi connectivity index (χ0n) is 13.2. The van der Waals surface area contributed by atoms with Crippen molar-refractivity contribution in [3.8, 4) is 16.9 Å². The van der Waals surface area contributed by atoms with E-state index >= 15 is 0 Å². The minimum absolute atomic E-state index is 0.00896. The minimum atomic E-state index is -3.27. The van der Waals surface area contributed by atoms with E-state index in [1.807, 2.05) is 18.2 Å². The highest BCUT2D eigenvalue weighted by Gasteiger charge is 2.24. The molecular weight excluding hydrogens is 314 g/mol. The van der Waals surface area contributed by atoms with Gasteiger partial charge >= 0.3 is 0 Å². The van der Waals surface area contributed by atoms with Crippen LogP contribution in [0.4, 0.5) is 0 Å². The van der Waals surface area contributed by atoms with Gasteiger partial charge in [-0.2, -0.15) is 0 Å². The van der Waals surface area contributed by atoms with Crippen molar-refractivity contribution in [2.24, 2.45) is 0 Å². The van der Waals surface area contributed by atoms with Gasteiger partial charge in [0.2, 0.25) is 10.0 Å². The van der Waals surface area contributed by atoms with Crippen LogP contribution in [0.25, 0.3) is 11.1 Å². The molecule has 0 atom stereocenters. The van der Waals surface area contributed by atoms with Crippen LogP contribution in [0.3, 0.4) is 0 Å². The molecule has 0 bridgehead atoms. The van der Waals surface area contributed by atoms with E-state index in [2.05, 4.69) is 0 Å². The summed E-state index contributed by atoms with van der Waals surface area (Å²) in [5.74, 6) is 0.660. The maximum absolute atomic E-state index is 12.5. The first-order valence-electron chi connectivity index (χ1n) is 7.77. The molecule has 0 N–H and O–H groups in total. The van der Waals surface area contributed by atoms with E-state index in [9.17, 15) is 8.42 Å². The van der Waals surface area contributed by atoms with Crippen molar-refractivity contribution in [2.45, 2.75) is 25.0 Å². The van der Waals surface area contributed by atoms with Crippen LogP contribution in [0, 0.1) is 0 Å². The molecule has 1 aromatic heterocycles. The molecule has 5 nitrogen and oxygen atoms in total. The predicted molar refractivity (Wildman–Crippen MR) is 88.7 cm³/mol. The highest BCUT2D eigenvalue weighted by atomic mass is 32.2. The first-order valence-corrected chi connectivity index (χ1v) is 9.38. The molecule has 1 fully saturated rings. The number of nitrogens with zero attached hydrogens (tertiary/aromatic N) is 1. The van der Waals surface area contributed by atoms with Crippen LogP contribution in [0.2, 0.25) is 0 Å². The van der Waals surface area contributed by atoms with E-state index in [4.69, 9.17) is 9.15 Å². The quantitative estimate of drug-likeness (QED) is 0.841. The van der Waals surface area contributed by atoms with Crippen LogP contribution < -0.4 is 4.74 Å². The monoisotopic (exact) mass is 335 g/mol. The molecule has 124 valence electrons. The molecule has 0 saturated carbocycles. The third kappa shape index (κ3) is 3.59. The lowest BCUT2D eigenvalue weighted by Gasteiger charge is -2.26. The van der Waals surface area contributed by atoms with Gasteiger partial charge in [0.1, 0.15) is 5.75 Å². The standard InChI is InChI=1S/C17H21NO4S/c1-21-17-11-14(5-6-16(17)15-7-10-22-12-15)13-23(19,20)18-8-3-2-4-9-18/h5-7,10-12H,2-4,8-9,13H2,1H3. The average molecular weight is 335 g/mol. The third-order valence-corrected chi connectivity index (χ3v) is 6.01. The van der Waals surface area contributed by atoms with E-state index in [0.717, 1.165) is 36.0 Å². The van der Waals surface area contributed by atoms with Gasteiger partial charge in [0.15, 0.2) is 0 Å². The molecule has 0 aliphatic carbocycles. The fraction of sp³-hybridized carbons (Fsp3) is 0.412. The van der Waals surface area contributed by atoms with Crippen molar-refractivity contribution in [2.75, 3.05) is 20.2 Å².